The molecule has 1 aromatic heterocycles. The molecule has 2 saturated carbocycles. The van der Waals surface area contributed by atoms with Gasteiger partial charge in [-0.05, 0) is 55.9 Å². The minimum absolute atomic E-state index is 0.129. The van der Waals surface area contributed by atoms with Crippen molar-refractivity contribution in [3.8, 4) is 17.1 Å². The Morgan fingerprint density at radius 2 is 1.76 bits per heavy atom. The summed E-state index contributed by atoms with van der Waals surface area (Å²) in [5.74, 6) is 1.96. The van der Waals surface area contributed by atoms with Crippen LogP contribution < -0.4 is 10.1 Å². The lowest BCUT2D eigenvalue weighted by Gasteiger charge is -2.33. The highest BCUT2D eigenvalue weighted by atomic mass is 35.5. The maximum atomic E-state index is 14.0. The van der Waals surface area contributed by atoms with Crippen LogP contribution in [0.3, 0.4) is 0 Å². The van der Waals surface area contributed by atoms with Crippen LogP contribution in [0.2, 0.25) is 5.02 Å². The van der Waals surface area contributed by atoms with Crippen LogP contribution in [0, 0.1) is 5.92 Å². The first-order valence-electron chi connectivity index (χ1n) is 12.8. The van der Waals surface area contributed by atoms with E-state index in [9.17, 15) is 4.79 Å². The van der Waals surface area contributed by atoms with Crippen molar-refractivity contribution >= 4 is 28.5 Å². The maximum Gasteiger partial charge on any atom is 0.243 e. The minimum Gasteiger partial charge on any atom is -0.497 e. The van der Waals surface area contributed by atoms with Gasteiger partial charge in [0.1, 0.15) is 17.6 Å². The summed E-state index contributed by atoms with van der Waals surface area (Å²) in [6.07, 6.45) is 11.5. The van der Waals surface area contributed by atoms with Crippen molar-refractivity contribution in [3.63, 3.8) is 0 Å². The Morgan fingerprint density at radius 3 is 2.47 bits per heavy atom. The Kier molecular flexibility index (Phi) is 7.10. The van der Waals surface area contributed by atoms with E-state index >= 15 is 0 Å². The highest BCUT2D eigenvalue weighted by molar-refractivity contribution is 6.30. The molecule has 0 bridgehead atoms. The fraction of sp³-hybridized carbons (Fsp3) is 0.500. The van der Waals surface area contributed by atoms with E-state index in [0.29, 0.717) is 5.02 Å². The van der Waals surface area contributed by atoms with Gasteiger partial charge in [0.15, 0.2) is 0 Å². The zero-order chi connectivity index (χ0) is 23.5. The molecule has 1 heterocycles. The van der Waals surface area contributed by atoms with Crippen LogP contribution in [-0.4, -0.2) is 28.6 Å². The van der Waals surface area contributed by atoms with Gasteiger partial charge in [0.25, 0.3) is 0 Å². The van der Waals surface area contributed by atoms with Crippen molar-refractivity contribution in [1.29, 1.82) is 0 Å². The molecule has 1 amide bonds. The molecule has 2 aliphatic rings. The second-order valence-corrected chi connectivity index (χ2v) is 10.3. The molecule has 0 aliphatic heterocycles. The average Bonchev–Trinajstić information content (AvgIpc) is 3.24. The number of nitrogens with zero attached hydrogens (tertiary/aromatic N) is 2. The van der Waals surface area contributed by atoms with Crippen LogP contribution in [0.1, 0.15) is 70.3 Å². The van der Waals surface area contributed by atoms with Gasteiger partial charge in [0, 0.05) is 22.7 Å². The Bertz CT molecular complexity index is 1150. The van der Waals surface area contributed by atoms with E-state index < -0.39 is 0 Å². The molecule has 34 heavy (non-hydrogen) atoms. The van der Waals surface area contributed by atoms with E-state index in [1.165, 1.54) is 38.5 Å². The first-order valence-corrected chi connectivity index (χ1v) is 13.1. The molecule has 5 rings (SSSR count). The van der Waals surface area contributed by atoms with E-state index in [1.54, 1.807) is 7.11 Å². The maximum absolute atomic E-state index is 14.0. The van der Waals surface area contributed by atoms with Crippen LogP contribution in [-0.2, 0) is 4.79 Å². The van der Waals surface area contributed by atoms with Crippen LogP contribution in [0.5, 0.6) is 5.75 Å². The summed E-state index contributed by atoms with van der Waals surface area (Å²) < 4.78 is 7.73. The number of carbonyl (C=O) groups is 1. The SMILES string of the molecule is COc1ccc2nc(-c3cccc(Cl)c3)n(C(C(=O)NC3CCCCC3)C3CCCCC3)c2c1. The first kappa shape index (κ1) is 23.2. The van der Waals surface area contributed by atoms with Crippen LogP contribution in [0.25, 0.3) is 22.4 Å². The van der Waals surface area contributed by atoms with E-state index in [-0.39, 0.29) is 23.9 Å². The summed E-state index contributed by atoms with van der Waals surface area (Å²) in [4.78, 5) is 19.1. The largest absolute Gasteiger partial charge is 0.497 e. The second kappa shape index (κ2) is 10.4. The van der Waals surface area contributed by atoms with Crippen molar-refractivity contribution in [2.45, 2.75) is 76.3 Å². The first-order chi connectivity index (χ1) is 16.6. The van der Waals surface area contributed by atoms with Gasteiger partial charge in [0.2, 0.25) is 5.91 Å². The molecule has 1 unspecified atom stereocenters. The number of carbonyl (C=O) groups excluding carboxylic acids is 1. The number of amides is 1. The fourth-order valence-corrected chi connectivity index (χ4v) is 6.03. The molecule has 0 saturated heterocycles. The number of benzene rings is 2. The summed E-state index contributed by atoms with van der Waals surface area (Å²) in [6.45, 7) is 0. The van der Waals surface area contributed by atoms with Crippen molar-refractivity contribution in [1.82, 2.24) is 14.9 Å². The minimum atomic E-state index is -0.312. The predicted molar refractivity (Wildman–Crippen MR) is 137 cm³/mol. The normalized spacial score (nSPS) is 18.6. The molecule has 1 N–H and O–H groups in total. The molecule has 0 radical (unpaired) electrons. The molecular formula is C28H34ClN3O2. The molecular weight excluding hydrogens is 446 g/mol. The Balaban J connectivity index is 1.65. The third-order valence-corrected chi connectivity index (χ3v) is 7.81. The van der Waals surface area contributed by atoms with Gasteiger partial charge in [-0.3, -0.25) is 4.79 Å². The summed E-state index contributed by atoms with van der Waals surface area (Å²) in [6, 6.07) is 13.7. The van der Waals surface area contributed by atoms with E-state index in [4.69, 9.17) is 21.3 Å². The molecule has 5 nitrogen and oxygen atoms in total. The van der Waals surface area contributed by atoms with Crippen LogP contribution >= 0.6 is 11.6 Å². The van der Waals surface area contributed by atoms with Crippen molar-refractivity contribution < 1.29 is 9.53 Å². The van der Waals surface area contributed by atoms with E-state index in [2.05, 4.69) is 9.88 Å². The number of rotatable bonds is 6. The lowest BCUT2D eigenvalue weighted by atomic mass is 9.82. The number of hydrogen-bond acceptors (Lipinski definition) is 3. The molecule has 6 heteroatoms. The number of imidazole rings is 1. The Morgan fingerprint density at radius 1 is 1.03 bits per heavy atom. The zero-order valence-electron chi connectivity index (χ0n) is 19.9. The molecule has 3 aromatic rings. The van der Waals surface area contributed by atoms with Crippen molar-refractivity contribution in [3.05, 3.63) is 47.5 Å². The lowest BCUT2D eigenvalue weighted by molar-refractivity contribution is -0.127. The summed E-state index contributed by atoms with van der Waals surface area (Å²) in [5, 5.41) is 4.10. The molecule has 180 valence electrons. The van der Waals surface area contributed by atoms with Crippen LogP contribution in [0.4, 0.5) is 0 Å². The summed E-state index contributed by atoms with van der Waals surface area (Å²) in [7, 11) is 1.67. The highest BCUT2D eigenvalue weighted by Gasteiger charge is 2.35. The topological polar surface area (TPSA) is 56.2 Å². The Hall–Kier alpha value is -2.53. The van der Waals surface area contributed by atoms with Gasteiger partial charge in [0.05, 0.1) is 18.1 Å². The number of aromatic nitrogens is 2. The third-order valence-electron chi connectivity index (χ3n) is 7.57. The number of hydrogen-bond donors (Lipinski definition) is 1. The van der Waals surface area contributed by atoms with Gasteiger partial charge in [-0.15, -0.1) is 0 Å². The van der Waals surface area contributed by atoms with Gasteiger partial charge in [-0.2, -0.15) is 0 Å². The zero-order valence-corrected chi connectivity index (χ0v) is 20.7. The van der Waals surface area contributed by atoms with Crippen LogP contribution in [0.15, 0.2) is 42.5 Å². The van der Waals surface area contributed by atoms with Gasteiger partial charge >= 0.3 is 0 Å². The van der Waals surface area contributed by atoms with Gasteiger partial charge in [-0.25, -0.2) is 4.98 Å². The summed E-state index contributed by atoms with van der Waals surface area (Å²) >= 11 is 6.38. The highest BCUT2D eigenvalue weighted by Crippen LogP contribution is 2.39. The molecule has 0 spiro atoms. The average molecular weight is 480 g/mol. The van der Waals surface area contributed by atoms with E-state index in [0.717, 1.165) is 53.9 Å². The lowest BCUT2D eigenvalue weighted by Crippen LogP contribution is -2.43. The monoisotopic (exact) mass is 479 g/mol. The third kappa shape index (κ3) is 4.81. The second-order valence-electron chi connectivity index (χ2n) is 9.86. The fourth-order valence-electron chi connectivity index (χ4n) is 5.84. The predicted octanol–water partition coefficient (Wildman–Crippen LogP) is 6.94. The molecule has 2 aromatic carbocycles. The van der Waals surface area contributed by atoms with Gasteiger partial charge < -0.3 is 14.6 Å². The van der Waals surface area contributed by atoms with Crippen molar-refractivity contribution in [2.75, 3.05) is 7.11 Å². The van der Waals surface area contributed by atoms with Gasteiger partial charge in [-0.1, -0.05) is 62.3 Å². The molecule has 1 atom stereocenters. The Labute approximate surface area is 206 Å². The standard InChI is InChI=1S/C28H34ClN3O2/c1-34-23-15-16-24-25(18-23)32(27(31-24)20-11-8-12-21(29)17-20)26(19-9-4-2-5-10-19)28(33)30-22-13-6-3-7-14-22/h8,11-12,15-19,22,26H,2-7,9-10,13-14H2,1H3,(H,30,33). The van der Waals surface area contributed by atoms with E-state index in [1.807, 2.05) is 42.5 Å². The summed E-state index contributed by atoms with van der Waals surface area (Å²) in [5.41, 5.74) is 2.72. The number of ether oxygens (including phenoxy) is 1. The van der Waals surface area contributed by atoms with Crippen molar-refractivity contribution in [2.24, 2.45) is 5.92 Å². The number of nitrogens with one attached hydrogen (secondary N) is 1. The molecule has 2 aliphatic carbocycles. The number of fused-ring (bicyclic) bond motifs is 1. The smallest absolute Gasteiger partial charge is 0.243 e. The molecule has 2 fully saturated rings. The quantitative estimate of drug-likeness (QED) is 0.416. The number of halogens is 1. The number of methoxy groups -OCH3 is 1.